The lowest BCUT2D eigenvalue weighted by Gasteiger charge is -2.35. The summed E-state index contributed by atoms with van der Waals surface area (Å²) in [6.07, 6.45) is 21.5. The molecule has 2 aromatic carbocycles. The van der Waals surface area contributed by atoms with Crippen LogP contribution in [0.25, 0.3) is 11.1 Å². The summed E-state index contributed by atoms with van der Waals surface area (Å²) in [5, 5.41) is 0. The molecule has 0 saturated carbocycles. The van der Waals surface area contributed by atoms with Gasteiger partial charge in [0.1, 0.15) is 13.1 Å². The summed E-state index contributed by atoms with van der Waals surface area (Å²) >= 11 is 0. The van der Waals surface area contributed by atoms with Crippen LogP contribution < -0.4 is 0 Å². The zero-order valence-corrected chi connectivity index (χ0v) is 32.7. The second kappa shape index (κ2) is 26.1. The molecule has 48 heavy (non-hydrogen) atoms. The molecule has 0 aliphatic rings. The van der Waals surface area contributed by atoms with Gasteiger partial charge in [0.15, 0.2) is 0 Å². The van der Waals surface area contributed by atoms with Crippen molar-refractivity contribution in [1.82, 2.24) is 0 Å². The lowest BCUT2D eigenvalue weighted by molar-refractivity contribution is -0.910. The molecule has 0 aliphatic carbocycles. The highest BCUT2D eigenvalue weighted by atomic mass is 16.5. The van der Waals surface area contributed by atoms with Crippen LogP contribution >= 0.6 is 0 Å². The summed E-state index contributed by atoms with van der Waals surface area (Å²) < 4.78 is 14.8. The van der Waals surface area contributed by atoms with Crippen molar-refractivity contribution in [2.45, 2.75) is 144 Å². The zero-order valence-electron chi connectivity index (χ0n) is 32.7. The van der Waals surface area contributed by atoms with Crippen molar-refractivity contribution in [2.75, 3.05) is 66.6 Å². The van der Waals surface area contributed by atoms with E-state index < -0.39 is 0 Å². The highest BCUT2D eigenvalue weighted by Gasteiger charge is 2.21. The van der Waals surface area contributed by atoms with Gasteiger partial charge in [0.2, 0.25) is 0 Å². The van der Waals surface area contributed by atoms with Gasteiger partial charge in [0.05, 0.1) is 66.7 Å². The predicted molar refractivity (Wildman–Crippen MR) is 209 cm³/mol. The number of hydrogen-bond donors (Lipinski definition) is 0. The minimum atomic E-state index is 0.692. The molecular weight excluding hydrogens is 588 g/mol. The van der Waals surface area contributed by atoms with Gasteiger partial charge in [-0.15, -0.1) is 0 Å². The van der Waals surface area contributed by atoms with E-state index in [4.69, 9.17) is 9.47 Å². The quantitative estimate of drug-likeness (QED) is 0.0589. The summed E-state index contributed by atoms with van der Waals surface area (Å²) in [6.45, 7) is 19.6. The summed E-state index contributed by atoms with van der Waals surface area (Å²) in [7, 11) is 4.91. The SMILES string of the molecule is CCCCCC[N+](C)(CCCCCC)CCOCc1ccc(-c2ccc(COCC[N+](C)(CCCCCC)CCCCCC)cc2)cc1. The number of likely N-dealkylation sites (N-methyl/N-ethyl adjacent to an activating group) is 2. The first-order chi connectivity index (χ1) is 23.4. The maximum atomic E-state index is 6.23. The molecule has 0 saturated heterocycles. The van der Waals surface area contributed by atoms with Gasteiger partial charge in [0.25, 0.3) is 0 Å². The van der Waals surface area contributed by atoms with Gasteiger partial charge >= 0.3 is 0 Å². The van der Waals surface area contributed by atoms with Crippen LogP contribution in [0.15, 0.2) is 48.5 Å². The number of nitrogens with zero attached hydrogens (tertiary/aromatic N) is 2. The Morgan fingerprint density at radius 3 is 0.938 bits per heavy atom. The molecule has 0 heterocycles. The van der Waals surface area contributed by atoms with Crippen LogP contribution in [0, 0.1) is 0 Å². The first-order valence-electron chi connectivity index (χ1n) is 20.4. The lowest BCUT2D eigenvalue weighted by Crippen LogP contribution is -2.47. The van der Waals surface area contributed by atoms with Gasteiger partial charge in [0, 0.05) is 0 Å². The van der Waals surface area contributed by atoms with Crippen molar-refractivity contribution in [2.24, 2.45) is 0 Å². The van der Waals surface area contributed by atoms with Crippen molar-refractivity contribution in [3.8, 4) is 11.1 Å². The Kier molecular flexibility index (Phi) is 23.1. The summed E-state index contributed by atoms with van der Waals surface area (Å²) in [4.78, 5) is 0. The van der Waals surface area contributed by atoms with Crippen LogP contribution in [0.1, 0.15) is 142 Å². The Morgan fingerprint density at radius 1 is 0.375 bits per heavy atom. The van der Waals surface area contributed by atoms with E-state index in [9.17, 15) is 0 Å². The molecule has 0 radical (unpaired) electrons. The van der Waals surface area contributed by atoms with E-state index in [0.717, 1.165) is 35.3 Å². The van der Waals surface area contributed by atoms with Crippen LogP contribution in [-0.4, -0.2) is 75.5 Å². The summed E-state index contributed by atoms with van der Waals surface area (Å²) in [5.41, 5.74) is 5.03. The maximum Gasteiger partial charge on any atom is 0.102 e. The van der Waals surface area contributed by atoms with Crippen LogP contribution in [0.3, 0.4) is 0 Å². The predicted octanol–water partition coefficient (Wildman–Crippen LogP) is 11.6. The Bertz CT molecular complexity index is 912. The molecule has 4 nitrogen and oxygen atoms in total. The van der Waals surface area contributed by atoms with Gasteiger partial charge in [-0.05, 0) is 73.6 Å². The molecule has 0 aliphatic heterocycles. The highest BCUT2D eigenvalue weighted by molar-refractivity contribution is 5.63. The molecule has 0 spiro atoms. The molecule has 0 unspecified atom stereocenters. The van der Waals surface area contributed by atoms with Gasteiger partial charge < -0.3 is 18.4 Å². The van der Waals surface area contributed by atoms with Gasteiger partial charge in [-0.3, -0.25) is 0 Å². The van der Waals surface area contributed by atoms with Gasteiger partial charge in [-0.1, -0.05) is 128 Å². The second-order valence-corrected chi connectivity index (χ2v) is 15.3. The van der Waals surface area contributed by atoms with Gasteiger partial charge in [-0.25, -0.2) is 0 Å². The van der Waals surface area contributed by atoms with E-state index in [-0.39, 0.29) is 0 Å². The Labute approximate surface area is 298 Å². The zero-order chi connectivity index (χ0) is 34.8. The average Bonchev–Trinajstić information content (AvgIpc) is 3.10. The fraction of sp³-hybridized carbons (Fsp3) is 0.727. The molecule has 274 valence electrons. The van der Waals surface area contributed by atoms with E-state index in [1.54, 1.807) is 0 Å². The first kappa shape index (κ1) is 42.4. The van der Waals surface area contributed by atoms with E-state index in [2.05, 4.69) is 90.3 Å². The third-order valence-electron chi connectivity index (χ3n) is 10.5. The van der Waals surface area contributed by atoms with Crippen LogP contribution in [0.4, 0.5) is 0 Å². The standard InChI is InChI=1S/C44H78N2O2/c1-7-11-15-19-31-45(5,32-20-16-12-8-2)35-37-47-39-41-23-27-43(28-24-41)44-29-25-42(26-30-44)40-48-38-36-46(6,33-21-17-13-9-3)34-22-18-14-10-4/h23-30H,7-22,31-40H2,1-6H3/q+2. The summed E-state index contributed by atoms with van der Waals surface area (Å²) in [6, 6.07) is 17.9. The largest absolute Gasteiger partial charge is 0.371 e. The van der Waals surface area contributed by atoms with Crippen molar-refractivity contribution >= 4 is 0 Å². The van der Waals surface area contributed by atoms with Crippen molar-refractivity contribution in [3.63, 3.8) is 0 Å². The average molecular weight is 667 g/mol. The molecule has 0 amide bonds. The molecule has 2 aromatic rings. The molecule has 0 aromatic heterocycles. The number of benzene rings is 2. The molecule has 0 N–H and O–H groups in total. The smallest absolute Gasteiger partial charge is 0.102 e. The maximum absolute atomic E-state index is 6.23. The minimum absolute atomic E-state index is 0.692. The fourth-order valence-corrected chi connectivity index (χ4v) is 6.89. The Morgan fingerprint density at radius 2 is 0.667 bits per heavy atom. The third kappa shape index (κ3) is 18.9. The Hall–Kier alpha value is -1.72. The van der Waals surface area contributed by atoms with Crippen molar-refractivity contribution in [3.05, 3.63) is 59.7 Å². The number of unbranched alkanes of at least 4 members (excludes halogenated alkanes) is 12. The highest BCUT2D eigenvalue weighted by Crippen LogP contribution is 2.22. The molecule has 4 heteroatoms. The van der Waals surface area contributed by atoms with E-state index in [1.165, 1.54) is 151 Å². The van der Waals surface area contributed by atoms with Crippen LogP contribution in [0.5, 0.6) is 0 Å². The third-order valence-corrected chi connectivity index (χ3v) is 10.5. The molecule has 0 atom stereocenters. The number of quaternary nitrogens is 2. The molecular formula is C44H78N2O2+2. The van der Waals surface area contributed by atoms with Crippen molar-refractivity contribution < 1.29 is 18.4 Å². The van der Waals surface area contributed by atoms with Crippen LogP contribution in [0.2, 0.25) is 0 Å². The summed E-state index contributed by atoms with van der Waals surface area (Å²) in [5.74, 6) is 0. The van der Waals surface area contributed by atoms with E-state index >= 15 is 0 Å². The molecule has 0 fully saturated rings. The minimum Gasteiger partial charge on any atom is -0.371 e. The normalized spacial score (nSPS) is 12.2. The Balaban J connectivity index is 1.78. The number of rotatable bonds is 31. The van der Waals surface area contributed by atoms with Gasteiger partial charge in [-0.2, -0.15) is 0 Å². The van der Waals surface area contributed by atoms with Crippen LogP contribution in [-0.2, 0) is 22.7 Å². The molecule has 0 bridgehead atoms. The number of ether oxygens (including phenoxy) is 2. The van der Waals surface area contributed by atoms with E-state index in [1.807, 2.05) is 0 Å². The second-order valence-electron chi connectivity index (χ2n) is 15.3. The topological polar surface area (TPSA) is 18.5 Å². The first-order valence-corrected chi connectivity index (χ1v) is 20.4. The molecule has 2 rings (SSSR count). The monoisotopic (exact) mass is 667 g/mol. The van der Waals surface area contributed by atoms with E-state index in [0.29, 0.717) is 13.2 Å². The van der Waals surface area contributed by atoms with Crippen molar-refractivity contribution in [1.29, 1.82) is 0 Å². The fourth-order valence-electron chi connectivity index (χ4n) is 6.89. The lowest BCUT2D eigenvalue weighted by atomic mass is 10.0. The number of hydrogen-bond acceptors (Lipinski definition) is 2.